The molecule has 0 aliphatic heterocycles. The third-order valence-electron chi connectivity index (χ3n) is 1.84. The lowest BCUT2D eigenvalue weighted by atomic mass is 10.3. The van der Waals surface area contributed by atoms with Crippen LogP contribution in [0.15, 0.2) is 17.4 Å². The van der Waals surface area contributed by atoms with Gasteiger partial charge in [0.1, 0.15) is 5.69 Å². The summed E-state index contributed by atoms with van der Waals surface area (Å²) in [6, 6.07) is 1.64. The van der Waals surface area contributed by atoms with Gasteiger partial charge in [-0.15, -0.1) is 0 Å². The molecule has 1 N–H and O–H groups in total. The summed E-state index contributed by atoms with van der Waals surface area (Å²) in [5, 5.41) is 9.95. The zero-order valence-electron chi connectivity index (χ0n) is 8.42. The molecular formula is C8H12N6O. The van der Waals surface area contributed by atoms with Crippen LogP contribution >= 0.6 is 0 Å². The van der Waals surface area contributed by atoms with Crippen molar-refractivity contribution in [2.75, 3.05) is 13.1 Å². The Bertz CT molecular complexity index is 378. The molecule has 1 aromatic rings. The first kappa shape index (κ1) is 11.1. The van der Waals surface area contributed by atoms with Crippen molar-refractivity contribution in [3.63, 3.8) is 0 Å². The number of aromatic nitrogens is 2. The number of nitrogens with one attached hydrogen (secondary N) is 1. The first-order chi connectivity index (χ1) is 7.25. The Morgan fingerprint density at radius 1 is 1.80 bits per heavy atom. The van der Waals surface area contributed by atoms with E-state index in [9.17, 15) is 4.79 Å². The summed E-state index contributed by atoms with van der Waals surface area (Å²) in [4.78, 5) is 14.1. The van der Waals surface area contributed by atoms with E-state index in [-0.39, 0.29) is 5.91 Å². The van der Waals surface area contributed by atoms with E-state index in [4.69, 9.17) is 5.53 Å². The molecule has 1 amide bonds. The maximum Gasteiger partial charge on any atom is 0.269 e. The Kier molecular flexibility index (Phi) is 4.18. The van der Waals surface area contributed by atoms with Gasteiger partial charge in [-0.05, 0) is 18.0 Å². The van der Waals surface area contributed by atoms with Crippen LogP contribution in [0.1, 0.15) is 16.9 Å². The molecule has 7 nitrogen and oxygen atoms in total. The number of azide groups is 1. The van der Waals surface area contributed by atoms with Crippen molar-refractivity contribution in [1.82, 2.24) is 15.1 Å². The van der Waals surface area contributed by atoms with Crippen molar-refractivity contribution >= 4 is 5.91 Å². The molecule has 0 spiro atoms. The molecule has 0 aliphatic rings. The summed E-state index contributed by atoms with van der Waals surface area (Å²) in [7, 11) is 1.70. The van der Waals surface area contributed by atoms with Gasteiger partial charge in [-0.2, -0.15) is 5.10 Å². The van der Waals surface area contributed by atoms with Crippen LogP contribution in [-0.4, -0.2) is 28.8 Å². The predicted octanol–water partition coefficient (Wildman–Crippen LogP) is 0.850. The van der Waals surface area contributed by atoms with E-state index in [2.05, 4.69) is 20.4 Å². The zero-order valence-corrected chi connectivity index (χ0v) is 8.42. The second-order valence-electron chi connectivity index (χ2n) is 2.90. The average molecular weight is 208 g/mol. The van der Waals surface area contributed by atoms with Crippen molar-refractivity contribution in [1.29, 1.82) is 0 Å². The maximum atomic E-state index is 11.5. The average Bonchev–Trinajstić information content (AvgIpc) is 2.64. The molecule has 0 aromatic carbocycles. The topological polar surface area (TPSA) is 95.7 Å². The lowest BCUT2D eigenvalue weighted by molar-refractivity contribution is 0.0944. The Labute approximate surface area is 86.7 Å². The molecule has 1 rings (SSSR count). The molecule has 0 bridgehead atoms. The van der Waals surface area contributed by atoms with Crippen molar-refractivity contribution in [3.8, 4) is 0 Å². The van der Waals surface area contributed by atoms with E-state index < -0.39 is 0 Å². The number of carbonyl (C=O) groups excluding carboxylic acids is 1. The van der Waals surface area contributed by atoms with Crippen molar-refractivity contribution in [3.05, 3.63) is 28.4 Å². The molecule has 0 saturated carbocycles. The van der Waals surface area contributed by atoms with Crippen LogP contribution in [0.5, 0.6) is 0 Å². The molecule has 1 heterocycles. The van der Waals surface area contributed by atoms with Gasteiger partial charge in [0, 0.05) is 31.2 Å². The minimum atomic E-state index is -0.170. The number of nitrogens with zero attached hydrogens (tertiary/aromatic N) is 5. The van der Waals surface area contributed by atoms with E-state index in [1.165, 1.54) is 4.68 Å². The standard InChI is InChI=1S/C8H12N6O/c1-14-7(3-6-12-14)8(15)10-4-2-5-11-13-9/h3,6H,2,4-5H2,1H3,(H,10,15). The highest BCUT2D eigenvalue weighted by atomic mass is 16.2. The van der Waals surface area contributed by atoms with E-state index in [0.29, 0.717) is 25.2 Å². The minimum Gasteiger partial charge on any atom is -0.351 e. The minimum absolute atomic E-state index is 0.170. The van der Waals surface area contributed by atoms with Crippen LogP contribution in [0.25, 0.3) is 10.4 Å². The quantitative estimate of drug-likeness (QED) is 0.336. The van der Waals surface area contributed by atoms with Gasteiger partial charge >= 0.3 is 0 Å². The Morgan fingerprint density at radius 3 is 3.20 bits per heavy atom. The lowest BCUT2D eigenvalue weighted by Crippen LogP contribution is -2.26. The van der Waals surface area contributed by atoms with Crippen LogP contribution in [0, 0.1) is 0 Å². The third-order valence-corrected chi connectivity index (χ3v) is 1.84. The number of carbonyl (C=O) groups is 1. The van der Waals surface area contributed by atoms with Gasteiger partial charge < -0.3 is 5.32 Å². The molecule has 0 fully saturated rings. The molecule has 1 aromatic heterocycles. The molecule has 0 unspecified atom stereocenters. The normalized spacial score (nSPS) is 9.40. The molecule has 0 radical (unpaired) electrons. The van der Waals surface area contributed by atoms with Gasteiger partial charge in [0.2, 0.25) is 0 Å². The predicted molar refractivity (Wildman–Crippen MR) is 54.2 cm³/mol. The van der Waals surface area contributed by atoms with Crippen molar-refractivity contribution in [2.45, 2.75) is 6.42 Å². The van der Waals surface area contributed by atoms with Gasteiger partial charge in [0.25, 0.3) is 5.91 Å². The van der Waals surface area contributed by atoms with E-state index >= 15 is 0 Å². The fourth-order valence-corrected chi connectivity index (χ4v) is 1.08. The Balaban J connectivity index is 2.31. The fourth-order valence-electron chi connectivity index (χ4n) is 1.08. The van der Waals surface area contributed by atoms with Gasteiger partial charge in [-0.25, -0.2) is 0 Å². The smallest absolute Gasteiger partial charge is 0.269 e. The molecule has 0 aliphatic carbocycles. The second kappa shape index (κ2) is 5.66. The highest BCUT2D eigenvalue weighted by Gasteiger charge is 2.07. The number of rotatable bonds is 5. The van der Waals surface area contributed by atoms with Gasteiger partial charge in [-0.3, -0.25) is 9.48 Å². The summed E-state index contributed by atoms with van der Waals surface area (Å²) in [5.41, 5.74) is 8.53. The summed E-state index contributed by atoms with van der Waals surface area (Å²) in [6.45, 7) is 0.880. The van der Waals surface area contributed by atoms with Gasteiger partial charge in [0.05, 0.1) is 0 Å². The maximum absolute atomic E-state index is 11.5. The molecule has 7 heteroatoms. The van der Waals surface area contributed by atoms with Crippen molar-refractivity contribution < 1.29 is 4.79 Å². The Morgan fingerprint density at radius 2 is 2.60 bits per heavy atom. The number of hydrogen-bond donors (Lipinski definition) is 1. The van der Waals surface area contributed by atoms with Gasteiger partial charge in [0.15, 0.2) is 0 Å². The van der Waals surface area contributed by atoms with E-state index in [1.54, 1.807) is 19.3 Å². The lowest BCUT2D eigenvalue weighted by Gasteiger charge is -2.03. The molecule has 0 atom stereocenters. The first-order valence-electron chi connectivity index (χ1n) is 4.52. The third kappa shape index (κ3) is 3.32. The first-order valence-corrected chi connectivity index (χ1v) is 4.52. The largest absolute Gasteiger partial charge is 0.351 e. The van der Waals surface area contributed by atoms with Crippen LogP contribution in [0.3, 0.4) is 0 Å². The molecule has 15 heavy (non-hydrogen) atoms. The number of hydrogen-bond acceptors (Lipinski definition) is 3. The van der Waals surface area contributed by atoms with E-state index in [0.717, 1.165) is 0 Å². The zero-order chi connectivity index (χ0) is 11.1. The second-order valence-corrected chi connectivity index (χ2v) is 2.90. The molecule has 0 saturated heterocycles. The summed E-state index contributed by atoms with van der Waals surface area (Å²) in [5.74, 6) is -0.170. The summed E-state index contributed by atoms with van der Waals surface area (Å²) in [6.07, 6.45) is 2.20. The molecular weight excluding hydrogens is 196 g/mol. The van der Waals surface area contributed by atoms with Gasteiger partial charge in [-0.1, -0.05) is 5.11 Å². The summed E-state index contributed by atoms with van der Waals surface area (Å²) >= 11 is 0. The highest BCUT2D eigenvalue weighted by molar-refractivity contribution is 5.92. The SMILES string of the molecule is Cn1nccc1C(=O)NCCCN=[N+]=[N-]. The van der Waals surface area contributed by atoms with Crippen molar-refractivity contribution in [2.24, 2.45) is 12.2 Å². The Hall–Kier alpha value is -2.01. The monoisotopic (exact) mass is 208 g/mol. The summed E-state index contributed by atoms with van der Waals surface area (Å²) < 4.78 is 1.50. The fraction of sp³-hybridized carbons (Fsp3) is 0.500. The van der Waals surface area contributed by atoms with Crippen LogP contribution in [-0.2, 0) is 7.05 Å². The van der Waals surface area contributed by atoms with Crippen LogP contribution in [0.2, 0.25) is 0 Å². The highest BCUT2D eigenvalue weighted by Crippen LogP contribution is 1.95. The van der Waals surface area contributed by atoms with Crippen LogP contribution in [0.4, 0.5) is 0 Å². The number of aryl methyl sites for hydroxylation is 1. The van der Waals surface area contributed by atoms with Crippen LogP contribution < -0.4 is 5.32 Å². The molecule has 80 valence electrons. The van der Waals surface area contributed by atoms with E-state index in [1.807, 2.05) is 0 Å². The number of amides is 1.